The molecule has 8 heteroatoms. The monoisotopic (exact) mass is 305 g/mol. The molecule has 1 aliphatic rings. The second-order valence-electron chi connectivity index (χ2n) is 5.19. The fraction of sp³-hybridized carbons (Fsp3) is 0.538. The van der Waals surface area contributed by atoms with Gasteiger partial charge in [0.1, 0.15) is 5.01 Å². The molecule has 21 heavy (non-hydrogen) atoms. The van der Waals surface area contributed by atoms with Crippen molar-refractivity contribution < 1.29 is 0 Å². The number of anilines is 3. The van der Waals surface area contributed by atoms with Crippen molar-refractivity contribution in [3.05, 3.63) is 16.1 Å². The van der Waals surface area contributed by atoms with Crippen LogP contribution in [0.15, 0.2) is 6.20 Å². The minimum atomic E-state index is 0.0388. The van der Waals surface area contributed by atoms with Crippen molar-refractivity contribution in [2.24, 2.45) is 0 Å². The Kier molecular flexibility index (Phi) is 3.87. The summed E-state index contributed by atoms with van der Waals surface area (Å²) in [6, 6.07) is 0.0388. The minimum Gasteiger partial charge on any atom is -0.368 e. The maximum Gasteiger partial charge on any atom is 0.231 e. The summed E-state index contributed by atoms with van der Waals surface area (Å²) < 4.78 is 0. The molecule has 2 aromatic heterocycles. The number of nitrogen functional groups attached to an aromatic ring is 1. The van der Waals surface area contributed by atoms with E-state index in [4.69, 9.17) is 5.73 Å². The summed E-state index contributed by atoms with van der Waals surface area (Å²) in [7, 11) is 0. The van der Waals surface area contributed by atoms with Crippen molar-refractivity contribution in [3.8, 4) is 0 Å². The number of nitrogens with zero attached hydrogens (tertiary/aromatic N) is 5. The molecule has 3 rings (SSSR count). The average molecular weight is 305 g/mol. The third kappa shape index (κ3) is 3.21. The molecule has 0 spiro atoms. The maximum absolute atomic E-state index is 5.80. The lowest BCUT2D eigenvalue weighted by molar-refractivity contribution is 0.829. The van der Waals surface area contributed by atoms with E-state index in [0.29, 0.717) is 11.9 Å². The summed E-state index contributed by atoms with van der Waals surface area (Å²) >= 11 is 1.66. The molecule has 0 amide bonds. The zero-order chi connectivity index (χ0) is 14.8. The van der Waals surface area contributed by atoms with E-state index >= 15 is 0 Å². The van der Waals surface area contributed by atoms with Gasteiger partial charge in [-0.25, -0.2) is 4.98 Å². The van der Waals surface area contributed by atoms with Crippen LogP contribution in [0.1, 0.15) is 35.7 Å². The SMILES string of the molecule is Cc1cnc(C(C)Nc2nc(N)nc(N3CCCC3)n2)s1. The molecule has 0 radical (unpaired) electrons. The van der Waals surface area contributed by atoms with E-state index in [1.54, 1.807) is 11.3 Å². The Hall–Kier alpha value is -1.96. The molecule has 7 nitrogen and oxygen atoms in total. The predicted molar refractivity (Wildman–Crippen MR) is 84.6 cm³/mol. The number of aryl methyl sites for hydroxylation is 1. The first kappa shape index (κ1) is 14.0. The van der Waals surface area contributed by atoms with Crippen LogP contribution in [0.25, 0.3) is 0 Å². The highest BCUT2D eigenvalue weighted by Crippen LogP contribution is 2.23. The highest BCUT2D eigenvalue weighted by atomic mass is 32.1. The number of thiazole rings is 1. The van der Waals surface area contributed by atoms with E-state index < -0.39 is 0 Å². The normalized spacial score (nSPS) is 16.2. The van der Waals surface area contributed by atoms with Gasteiger partial charge in [0.05, 0.1) is 6.04 Å². The zero-order valence-electron chi connectivity index (χ0n) is 12.2. The van der Waals surface area contributed by atoms with Crippen LogP contribution >= 0.6 is 11.3 Å². The quantitative estimate of drug-likeness (QED) is 0.892. The van der Waals surface area contributed by atoms with E-state index in [0.717, 1.165) is 18.1 Å². The Labute approximate surface area is 127 Å². The third-order valence-electron chi connectivity index (χ3n) is 3.38. The summed E-state index contributed by atoms with van der Waals surface area (Å²) in [5.74, 6) is 1.41. The molecule has 2 aromatic rings. The number of rotatable bonds is 4. The molecule has 0 bridgehead atoms. The van der Waals surface area contributed by atoms with Gasteiger partial charge in [0.15, 0.2) is 0 Å². The Morgan fingerprint density at radius 1 is 1.29 bits per heavy atom. The molecule has 1 saturated heterocycles. The van der Waals surface area contributed by atoms with Crippen molar-refractivity contribution in [2.75, 3.05) is 29.0 Å². The van der Waals surface area contributed by atoms with Crippen LogP contribution in [0.3, 0.4) is 0 Å². The zero-order valence-corrected chi connectivity index (χ0v) is 13.0. The standard InChI is InChI=1S/C13H19N7S/c1-8-7-15-10(21-8)9(2)16-12-17-11(14)18-13(19-12)20-5-3-4-6-20/h7,9H,3-6H2,1-2H3,(H3,14,16,17,18,19). The molecule has 1 aliphatic heterocycles. The van der Waals surface area contributed by atoms with E-state index in [-0.39, 0.29) is 12.0 Å². The molecular formula is C13H19N7S. The topological polar surface area (TPSA) is 92.8 Å². The third-order valence-corrected chi connectivity index (χ3v) is 4.48. The first-order valence-electron chi connectivity index (χ1n) is 7.07. The van der Waals surface area contributed by atoms with Crippen molar-refractivity contribution in [3.63, 3.8) is 0 Å². The van der Waals surface area contributed by atoms with Gasteiger partial charge in [-0.1, -0.05) is 0 Å². The summed E-state index contributed by atoms with van der Waals surface area (Å²) in [6.07, 6.45) is 4.21. The Bertz CT molecular complexity index is 621. The van der Waals surface area contributed by atoms with E-state index in [9.17, 15) is 0 Å². The molecule has 1 unspecified atom stereocenters. The van der Waals surface area contributed by atoms with E-state index in [1.165, 1.54) is 17.7 Å². The summed E-state index contributed by atoms with van der Waals surface area (Å²) in [4.78, 5) is 20.6. The van der Waals surface area contributed by atoms with Crippen LogP contribution in [0.5, 0.6) is 0 Å². The lowest BCUT2D eigenvalue weighted by Gasteiger charge is -2.17. The van der Waals surface area contributed by atoms with Gasteiger partial charge < -0.3 is 16.0 Å². The number of nitrogens with two attached hydrogens (primary N) is 1. The molecule has 0 aromatic carbocycles. The molecule has 0 saturated carbocycles. The van der Waals surface area contributed by atoms with Gasteiger partial charge in [0.2, 0.25) is 17.8 Å². The van der Waals surface area contributed by atoms with Crippen molar-refractivity contribution >= 4 is 29.2 Å². The highest BCUT2D eigenvalue weighted by Gasteiger charge is 2.18. The number of nitrogens with one attached hydrogen (secondary N) is 1. The fourth-order valence-electron chi connectivity index (χ4n) is 2.33. The predicted octanol–water partition coefficient (Wildman–Crippen LogP) is 1.99. The lowest BCUT2D eigenvalue weighted by atomic mass is 10.4. The van der Waals surface area contributed by atoms with E-state index in [2.05, 4.69) is 30.2 Å². The van der Waals surface area contributed by atoms with Gasteiger partial charge in [0, 0.05) is 24.2 Å². The molecule has 3 heterocycles. The largest absolute Gasteiger partial charge is 0.368 e. The smallest absolute Gasteiger partial charge is 0.231 e. The first-order valence-corrected chi connectivity index (χ1v) is 7.89. The Balaban J connectivity index is 1.78. The van der Waals surface area contributed by atoms with Crippen LogP contribution in [-0.2, 0) is 0 Å². The average Bonchev–Trinajstić information content (AvgIpc) is 3.08. The van der Waals surface area contributed by atoms with Gasteiger partial charge in [-0.15, -0.1) is 11.3 Å². The van der Waals surface area contributed by atoms with Crippen molar-refractivity contribution in [1.29, 1.82) is 0 Å². The fourth-order valence-corrected chi connectivity index (χ4v) is 3.11. The number of aromatic nitrogens is 4. The van der Waals surface area contributed by atoms with Crippen LogP contribution in [0.2, 0.25) is 0 Å². The van der Waals surface area contributed by atoms with Gasteiger partial charge in [-0.3, -0.25) is 0 Å². The molecule has 1 atom stereocenters. The van der Waals surface area contributed by atoms with Crippen LogP contribution in [0.4, 0.5) is 17.8 Å². The number of hydrogen-bond acceptors (Lipinski definition) is 8. The highest BCUT2D eigenvalue weighted by molar-refractivity contribution is 7.11. The molecule has 112 valence electrons. The van der Waals surface area contributed by atoms with Gasteiger partial charge in [-0.05, 0) is 26.7 Å². The molecule has 1 fully saturated rings. The summed E-state index contributed by atoms with van der Waals surface area (Å²) in [5, 5.41) is 4.26. The Morgan fingerprint density at radius 2 is 2.05 bits per heavy atom. The van der Waals surface area contributed by atoms with Crippen molar-refractivity contribution in [1.82, 2.24) is 19.9 Å². The van der Waals surface area contributed by atoms with Gasteiger partial charge >= 0.3 is 0 Å². The van der Waals surface area contributed by atoms with Crippen LogP contribution < -0.4 is 16.0 Å². The lowest BCUT2D eigenvalue weighted by Crippen LogP contribution is -2.22. The van der Waals surface area contributed by atoms with Gasteiger partial charge in [0.25, 0.3) is 0 Å². The summed E-state index contributed by atoms with van der Waals surface area (Å²) in [5.41, 5.74) is 5.80. The van der Waals surface area contributed by atoms with E-state index in [1.807, 2.05) is 20.0 Å². The van der Waals surface area contributed by atoms with Gasteiger partial charge in [-0.2, -0.15) is 15.0 Å². The Morgan fingerprint density at radius 3 is 2.71 bits per heavy atom. The number of hydrogen-bond donors (Lipinski definition) is 2. The summed E-state index contributed by atoms with van der Waals surface area (Å²) in [6.45, 7) is 6.03. The molecule has 0 aliphatic carbocycles. The second kappa shape index (κ2) is 5.80. The first-order chi connectivity index (χ1) is 10.1. The van der Waals surface area contributed by atoms with Crippen LogP contribution in [-0.4, -0.2) is 33.0 Å². The maximum atomic E-state index is 5.80. The molecular weight excluding hydrogens is 286 g/mol. The van der Waals surface area contributed by atoms with Crippen molar-refractivity contribution in [2.45, 2.75) is 32.7 Å². The minimum absolute atomic E-state index is 0.0388. The molecule has 3 N–H and O–H groups in total. The van der Waals surface area contributed by atoms with Crippen LogP contribution in [0, 0.1) is 6.92 Å². The second-order valence-corrected chi connectivity index (χ2v) is 6.45.